The van der Waals surface area contributed by atoms with Crippen LogP contribution in [0.2, 0.25) is 30.7 Å². The highest BCUT2D eigenvalue weighted by Gasteiger charge is 2.41. The number of hydrogen-bond acceptors (Lipinski definition) is 5. The fourth-order valence-corrected chi connectivity index (χ4v) is 7.48. The molecule has 1 aromatic rings. The number of carbonyl (C=O) groups is 3. The second kappa shape index (κ2) is 16.8. The summed E-state index contributed by atoms with van der Waals surface area (Å²) in [4.78, 5) is 41.0. The summed E-state index contributed by atoms with van der Waals surface area (Å²) in [7, 11) is 0.435. The number of nitrogens with one attached hydrogen (secondary N) is 1. The van der Waals surface area contributed by atoms with Crippen LogP contribution in [0, 0.1) is 11.8 Å². The Kier molecular flexibility index (Phi) is 13.8. The van der Waals surface area contributed by atoms with Gasteiger partial charge < -0.3 is 29.8 Å². The molecule has 1 heterocycles. The van der Waals surface area contributed by atoms with Crippen LogP contribution < -0.4 is 5.32 Å². The zero-order valence-corrected chi connectivity index (χ0v) is 28.5. The van der Waals surface area contributed by atoms with Crippen molar-refractivity contribution >= 4 is 38.1 Å². The molecule has 3 rings (SSSR count). The molecule has 0 spiro atoms. The van der Waals surface area contributed by atoms with Crippen LogP contribution in [0.1, 0.15) is 76.2 Å². The van der Waals surface area contributed by atoms with Crippen LogP contribution in [0.25, 0.3) is 0 Å². The summed E-state index contributed by atoms with van der Waals surface area (Å²) < 4.78 is 5.57. The largest absolute Gasteiger partial charge is 0.450 e. The molecule has 0 aromatic heterocycles. The van der Waals surface area contributed by atoms with E-state index in [9.17, 15) is 19.5 Å². The van der Waals surface area contributed by atoms with Gasteiger partial charge in [-0.15, -0.1) is 0 Å². The molecule has 3 atom stereocenters. The number of rotatable bonds is 14. The second-order valence-corrected chi connectivity index (χ2v) is 20.0. The first-order valence-corrected chi connectivity index (χ1v) is 20.3. The van der Waals surface area contributed by atoms with Crippen LogP contribution in [0.15, 0.2) is 24.3 Å². The molecule has 3 amide bonds. The number of likely N-dealkylation sites (N-methyl/N-ethyl adjacent to an activating group) is 1. The van der Waals surface area contributed by atoms with E-state index in [0.717, 1.165) is 50.0 Å². The van der Waals surface area contributed by atoms with Gasteiger partial charge in [0.1, 0.15) is 6.29 Å². The van der Waals surface area contributed by atoms with Gasteiger partial charge in [0.15, 0.2) is 0 Å². The minimum Gasteiger partial charge on any atom is -0.450 e. The Hall–Kier alpha value is -2.10. The van der Waals surface area contributed by atoms with Gasteiger partial charge in [0.2, 0.25) is 0 Å². The zero-order valence-electron chi connectivity index (χ0n) is 26.8. The average molecular weight is 636 g/mol. The molecule has 2 fully saturated rings. The van der Waals surface area contributed by atoms with Gasteiger partial charge in [0.25, 0.3) is 0 Å². The summed E-state index contributed by atoms with van der Waals surface area (Å²) in [5.41, 5.74) is -0.476. The molecular formula is C33H54ClN3O5Si. The molecule has 1 saturated heterocycles. The number of amides is 3. The number of benzene rings is 1. The minimum absolute atomic E-state index is 0.160. The van der Waals surface area contributed by atoms with Gasteiger partial charge in [-0.05, 0) is 61.8 Å². The standard InChI is InChI=1S/C33H54ClN3O5Si/c1-36(32(40)42-20-21-43(2,3)4)25-30(22-26-12-6-5-7-13-26)35-31(39)37-18-11-15-28(24-37)33(41,17-8-9-19-38)27-14-10-16-29(34)23-27/h10,14,16,19,23,26,28,30,41H,5-9,11-13,15,17-18,20-22,24-25H2,1-4H3,(H,35,39)/t28-,30?,33-/m1/s1. The summed E-state index contributed by atoms with van der Waals surface area (Å²) in [6, 6.07) is 7.85. The van der Waals surface area contributed by atoms with Crippen molar-refractivity contribution in [2.24, 2.45) is 11.8 Å². The molecule has 1 unspecified atom stereocenters. The van der Waals surface area contributed by atoms with Crippen molar-refractivity contribution in [3.8, 4) is 0 Å². The number of carbonyl (C=O) groups excluding carboxylic acids is 3. The van der Waals surface area contributed by atoms with Gasteiger partial charge in [-0.25, -0.2) is 9.59 Å². The van der Waals surface area contributed by atoms with Crippen LogP contribution >= 0.6 is 11.6 Å². The van der Waals surface area contributed by atoms with Gasteiger partial charge in [0.05, 0.1) is 12.2 Å². The van der Waals surface area contributed by atoms with E-state index in [-0.39, 0.29) is 24.1 Å². The summed E-state index contributed by atoms with van der Waals surface area (Å²) in [6.07, 6.45) is 10.2. The Morgan fingerprint density at radius 2 is 1.95 bits per heavy atom. The van der Waals surface area contributed by atoms with E-state index in [1.54, 1.807) is 24.1 Å². The maximum Gasteiger partial charge on any atom is 0.409 e. The topological polar surface area (TPSA) is 99.2 Å². The van der Waals surface area contributed by atoms with Crippen molar-refractivity contribution in [3.05, 3.63) is 34.9 Å². The van der Waals surface area contributed by atoms with Crippen molar-refractivity contribution < 1.29 is 24.2 Å². The maximum atomic E-state index is 13.7. The third-order valence-electron chi connectivity index (χ3n) is 9.14. The number of aliphatic hydroxyl groups is 1. The molecule has 10 heteroatoms. The normalized spacial score (nSPS) is 20.1. The minimum atomic E-state index is -1.31. The van der Waals surface area contributed by atoms with E-state index in [4.69, 9.17) is 16.3 Å². The number of urea groups is 1. The van der Waals surface area contributed by atoms with Crippen LogP contribution in [0.3, 0.4) is 0 Å². The molecule has 1 aromatic carbocycles. The number of hydrogen-bond donors (Lipinski definition) is 2. The fourth-order valence-electron chi connectivity index (χ4n) is 6.58. The van der Waals surface area contributed by atoms with Gasteiger partial charge in [-0.1, -0.05) is 75.5 Å². The van der Waals surface area contributed by atoms with E-state index in [0.29, 0.717) is 56.4 Å². The van der Waals surface area contributed by atoms with E-state index < -0.39 is 13.7 Å². The number of piperidine rings is 1. The summed E-state index contributed by atoms with van der Waals surface area (Å²) >= 11 is 6.30. The summed E-state index contributed by atoms with van der Waals surface area (Å²) in [5.74, 6) is 0.327. The SMILES string of the molecule is CN(CC(CC1CCCCC1)NC(=O)N1CCC[C@@H]([C@@](O)(CCCC=O)c2cccc(Cl)c2)C1)C(=O)OCC[Si](C)(C)C. The maximum absolute atomic E-state index is 13.7. The zero-order chi connectivity index (χ0) is 31.5. The number of likely N-dealkylation sites (tertiary alicyclic amines) is 1. The lowest BCUT2D eigenvalue weighted by Crippen LogP contribution is -2.54. The first-order valence-electron chi connectivity index (χ1n) is 16.3. The number of aldehydes is 1. The molecule has 1 aliphatic heterocycles. The Morgan fingerprint density at radius 1 is 1.21 bits per heavy atom. The summed E-state index contributed by atoms with van der Waals surface area (Å²) in [6.45, 7) is 8.60. The van der Waals surface area contributed by atoms with Gasteiger partial charge in [0, 0.05) is 58.2 Å². The molecule has 0 radical (unpaired) electrons. The predicted octanol–water partition coefficient (Wildman–Crippen LogP) is 7.06. The first kappa shape index (κ1) is 35.4. The monoisotopic (exact) mass is 635 g/mol. The van der Waals surface area contributed by atoms with Crippen LogP contribution in [0.5, 0.6) is 0 Å². The van der Waals surface area contributed by atoms with Crippen molar-refractivity contribution in [2.75, 3.05) is 33.3 Å². The van der Waals surface area contributed by atoms with Crippen molar-refractivity contribution in [1.29, 1.82) is 0 Å². The van der Waals surface area contributed by atoms with E-state index in [1.807, 2.05) is 17.0 Å². The predicted molar refractivity (Wildman–Crippen MR) is 175 cm³/mol. The Morgan fingerprint density at radius 3 is 2.63 bits per heavy atom. The number of nitrogens with zero attached hydrogens (tertiary/aromatic N) is 2. The molecule has 1 aliphatic carbocycles. The summed E-state index contributed by atoms with van der Waals surface area (Å²) in [5, 5.41) is 15.9. The highest BCUT2D eigenvalue weighted by molar-refractivity contribution is 6.76. The quantitative estimate of drug-likeness (QED) is 0.129. The lowest BCUT2D eigenvalue weighted by Gasteiger charge is -2.43. The van der Waals surface area contributed by atoms with Crippen LogP contribution in [0.4, 0.5) is 9.59 Å². The molecular weight excluding hydrogens is 582 g/mol. The Labute approximate surface area is 264 Å². The second-order valence-electron chi connectivity index (χ2n) is 14.0. The van der Waals surface area contributed by atoms with Crippen molar-refractivity contribution in [2.45, 2.75) is 108 Å². The fraction of sp³-hybridized carbons (Fsp3) is 0.727. The van der Waals surface area contributed by atoms with Crippen molar-refractivity contribution in [3.63, 3.8) is 0 Å². The first-order chi connectivity index (χ1) is 20.4. The molecule has 242 valence electrons. The number of ether oxygens (including phenoxy) is 1. The third-order valence-corrected chi connectivity index (χ3v) is 11.1. The third kappa shape index (κ3) is 11.4. The number of halogens is 1. The van der Waals surface area contributed by atoms with Gasteiger partial charge >= 0.3 is 12.1 Å². The molecule has 2 aliphatic rings. The molecule has 2 N–H and O–H groups in total. The molecule has 1 saturated carbocycles. The molecule has 8 nitrogen and oxygen atoms in total. The average Bonchev–Trinajstić information content (AvgIpc) is 2.97. The Balaban J connectivity index is 1.70. The van der Waals surface area contributed by atoms with Crippen LogP contribution in [-0.4, -0.2) is 80.7 Å². The van der Waals surface area contributed by atoms with Crippen molar-refractivity contribution in [1.82, 2.24) is 15.1 Å². The van der Waals surface area contributed by atoms with Crippen LogP contribution in [-0.2, 0) is 15.1 Å². The van der Waals surface area contributed by atoms with E-state index in [1.165, 1.54) is 19.3 Å². The smallest absolute Gasteiger partial charge is 0.409 e. The van der Waals surface area contributed by atoms with E-state index in [2.05, 4.69) is 25.0 Å². The van der Waals surface area contributed by atoms with Gasteiger partial charge in [-0.3, -0.25) is 0 Å². The molecule has 43 heavy (non-hydrogen) atoms. The van der Waals surface area contributed by atoms with E-state index >= 15 is 0 Å². The number of unbranched alkanes of at least 4 members (excludes halogenated alkanes) is 1. The Bertz CT molecular complexity index is 1050. The highest BCUT2D eigenvalue weighted by Crippen LogP contribution is 2.40. The lowest BCUT2D eigenvalue weighted by atomic mass is 9.74. The van der Waals surface area contributed by atoms with Gasteiger partial charge in [-0.2, -0.15) is 0 Å². The molecule has 0 bridgehead atoms. The highest BCUT2D eigenvalue weighted by atomic mass is 35.5. The lowest BCUT2D eigenvalue weighted by molar-refractivity contribution is -0.108.